The van der Waals surface area contributed by atoms with Crippen molar-refractivity contribution in [3.63, 3.8) is 0 Å². The predicted octanol–water partition coefficient (Wildman–Crippen LogP) is 1.44. The highest BCUT2D eigenvalue weighted by molar-refractivity contribution is 5.78. The van der Waals surface area contributed by atoms with Crippen molar-refractivity contribution in [1.29, 1.82) is 5.26 Å². The molecule has 0 unspecified atom stereocenters. The first-order valence-corrected chi connectivity index (χ1v) is 2.90. The van der Waals surface area contributed by atoms with Gasteiger partial charge in [-0.25, -0.2) is 0 Å². The molecule has 0 aliphatic heterocycles. The van der Waals surface area contributed by atoms with Crippen LogP contribution >= 0.6 is 0 Å². The van der Waals surface area contributed by atoms with Crippen LogP contribution in [0, 0.1) is 11.3 Å². The fourth-order valence-corrected chi connectivity index (χ4v) is 0.420. The van der Waals surface area contributed by atoms with E-state index in [4.69, 9.17) is 5.26 Å². The van der Waals surface area contributed by atoms with E-state index >= 15 is 0 Å². The Kier molecular flexibility index (Phi) is 4.43. The summed E-state index contributed by atoms with van der Waals surface area (Å²) in [6.45, 7) is 2.00. The van der Waals surface area contributed by atoms with Crippen LogP contribution in [-0.4, -0.2) is 6.29 Å². The summed E-state index contributed by atoms with van der Waals surface area (Å²) in [6.07, 6.45) is 4.00. The average Bonchev–Trinajstić information content (AvgIpc) is 1.91. The van der Waals surface area contributed by atoms with Gasteiger partial charge in [0.1, 0.15) is 6.07 Å². The second kappa shape index (κ2) is 5.04. The number of carbonyl (C=O) groups excluding carboxylic acids is 1. The van der Waals surface area contributed by atoms with E-state index in [-0.39, 0.29) is 5.57 Å². The molecule has 0 radical (unpaired) electrons. The summed E-state index contributed by atoms with van der Waals surface area (Å²) in [6, 6.07) is 1.78. The summed E-state index contributed by atoms with van der Waals surface area (Å²) in [5, 5.41) is 8.20. The first-order chi connectivity index (χ1) is 4.35. The van der Waals surface area contributed by atoms with Crippen LogP contribution in [0.5, 0.6) is 0 Å². The minimum atomic E-state index is 0.233. The van der Waals surface area contributed by atoms with E-state index in [1.807, 2.05) is 6.92 Å². The van der Waals surface area contributed by atoms with Crippen LogP contribution in [-0.2, 0) is 4.79 Å². The highest BCUT2D eigenvalue weighted by atomic mass is 16.1. The second-order valence-electron chi connectivity index (χ2n) is 1.68. The molecule has 0 saturated heterocycles. The summed E-state index contributed by atoms with van der Waals surface area (Å²) < 4.78 is 0. The normalized spacial score (nSPS) is 10.4. The van der Waals surface area contributed by atoms with Crippen LogP contribution in [0.25, 0.3) is 0 Å². The summed E-state index contributed by atoms with van der Waals surface area (Å²) in [5.74, 6) is 0. The number of allylic oxidation sites excluding steroid dienone is 2. The first kappa shape index (κ1) is 7.90. The van der Waals surface area contributed by atoms with E-state index in [9.17, 15) is 4.79 Å². The Bertz CT molecular complexity index is 153. The maximum absolute atomic E-state index is 9.95. The van der Waals surface area contributed by atoms with Gasteiger partial charge in [0.2, 0.25) is 0 Å². The van der Waals surface area contributed by atoms with Crippen LogP contribution in [0.4, 0.5) is 0 Å². The van der Waals surface area contributed by atoms with Gasteiger partial charge < -0.3 is 0 Å². The molecule has 0 N–H and O–H groups in total. The van der Waals surface area contributed by atoms with Crippen molar-refractivity contribution in [2.75, 3.05) is 0 Å². The number of aldehydes is 1. The molecule has 0 aromatic rings. The van der Waals surface area contributed by atoms with E-state index in [0.717, 1.165) is 12.8 Å². The van der Waals surface area contributed by atoms with Gasteiger partial charge in [-0.2, -0.15) is 5.26 Å². The Hall–Kier alpha value is -1.10. The molecule has 2 heteroatoms. The molecule has 0 bridgehead atoms. The molecule has 0 atom stereocenters. The quantitative estimate of drug-likeness (QED) is 0.323. The average molecular weight is 123 g/mol. The maximum Gasteiger partial charge on any atom is 0.160 e. The first-order valence-electron chi connectivity index (χ1n) is 2.90. The number of hydrogen-bond donors (Lipinski definition) is 0. The summed E-state index contributed by atoms with van der Waals surface area (Å²) >= 11 is 0. The van der Waals surface area contributed by atoms with Crippen LogP contribution in [0.15, 0.2) is 11.6 Å². The van der Waals surface area contributed by atoms with E-state index in [1.54, 1.807) is 12.1 Å². The Labute approximate surface area is 54.8 Å². The van der Waals surface area contributed by atoms with Crippen molar-refractivity contribution in [1.82, 2.24) is 0 Å². The molecule has 0 saturated carbocycles. The summed E-state index contributed by atoms with van der Waals surface area (Å²) in [7, 11) is 0. The van der Waals surface area contributed by atoms with Gasteiger partial charge in [-0.15, -0.1) is 0 Å². The molecule has 2 nitrogen and oxygen atoms in total. The fraction of sp³-hybridized carbons (Fsp3) is 0.429. The van der Waals surface area contributed by atoms with Crippen LogP contribution in [0.2, 0.25) is 0 Å². The number of nitrogens with zero attached hydrogens (tertiary/aromatic N) is 1. The fourth-order valence-electron chi connectivity index (χ4n) is 0.420. The van der Waals surface area contributed by atoms with E-state index in [1.165, 1.54) is 0 Å². The summed E-state index contributed by atoms with van der Waals surface area (Å²) in [4.78, 5) is 9.95. The Morgan fingerprint density at radius 2 is 2.44 bits per heavy atom. The molecule has 0 rings (SSSR count). The Morgan fingerprint density at radius 3 is 2.78 bits per heavy atom. The Balaban J connectivity index is 3.80. The maximum atomic E-state index is 9.95. The van der Waals surface area contributed by atoms with Crippen LogP contribution in [0.1, 0.15) is 19.8 Å². The third-order valence-corrected chi connectivity index (χ3v) is 0.909. The van der Waals surface area contributed by atoms with Crippen molar-refractivity contribution in [3.05, 3.63) is 11.6 Å². The lowest BCUT2D eigenvalue weighted by atomic mass is 10.2. The van der Waals surface area contributed by atoms with Crippen molar-refractivity contribution < 1.29 is 4.79 Å². The smallest absolute Gasteiger partial charge is 0.160 e. The SMILES string of the molecule is CCCC=C(C#N)C=O. The van der Waals surface area contributed by atoms with Crippen molar-refractivity contribution in [2.24, 2.45) is 0 Å². The highest BCUT2D eigenvalue weighted by Gasteiger charge is 1.86. The van der Waals surface area contributed by atoms with E-state index in [2.05, 4.69) is 0 Å². The molecule has 0 heterocycles. The third kappa shape index (κ3) is 3.48. The van der Waals surface area contributed by atoms with Gasteiger partial charge in [0.05, 0.1) is 5.57 Å². The zero-order valence-electron chi connectivity index (χ0n) is 5.42. The highest BCUT2D eigenvalue weighted by Crippen LogP contribution is 1.93. The molecule has 0 aromatic carbocycles. The zero-order chi connectivity index (χ0) is 7.11. The molecular formula is C7H9NO. The topological polar surface area (TPSA) is 40.9 Å². The number of unbranched alkanes of at least 4 members (excludes halogenated alkanes) is 1. The van der Waals surface area contributed by atoms with Crippen molar-refractivity contribution in [2.45, 2.75) is 19.8 Å². The van der Waals surface area contributed by atoms with Crippen molar-refractivity contribution >= 4 is 6.29 Å². The second-order valence-corrected chi connectivity index (χ2v) is 1.68. The third-order valence-electron chi connectivity index (χ3n) is 0.909. The molecule has 0 fully saturated rings. The van der Waals surface area contributed by atoms with Gasteiger partial charge in [-0.1, -0.05) is 19.4 Å². The molecule has 0 aliphatic carbocycles. The minimum absolute atomic E-state index is 0.233. The molecule has 0 spiro atoms. The van der Waals surface area contributed by atoms with E-state index < -0.39 is 0 Å². The van der Waals surface area contributed by atoms with Crippen LogP contribution < -0.4 is 0 Å². The number of rotatable bonds is 3. The van der Waals surface area contributed by atoms with Gasteiger partial charge in [-0.3, -0.25) is 4.79 Å². The monoisotopic (exact) mass is 123 g/mol. The van der Waals surface area contributed by atoms with Crippen molar-refractivity contribution in [3.8, 4) is 6.07 Å². The lowest BCUT2D eigenvalue weighted by molar-refractivity contribution is -0.104. The molecule has 48 valence electrons. The lowest BCUT2D eigenvalue weighted by Gasteiger charge is -1.82. The number of carbonyl (C=O) groups is 1. The van der Waals surface area contributed by atoms with Gasteiger partial charge >= 0.3 is 0 Å². The number of hydrogen-bond acceptors (Lipinski definition) is 2. The van der Waals surface area contributed by atoms with E-state index in [0.29, 0.717) is 6.29 Å². The lowest BCUT2D eigenvalue weighted by Crippen LogP contribution is -1.77. The summed E-state index contributed by atoms with van der Waals surface area (Å²) in [5.41, 5.74) is 0.233. The molecule has 9 heavy (non-hydrogen) atoms. The largest absolute Gasteiger partial charge is 0.297 e. The van der Waals surface area contributed by atoms with Gasteiger partial charge in [0, 0.05) is 0 Å². The molecule has 0 aromatic heterocycles. The van der Waals surface area contributed by atoms with Crippen LogP contribution in [0.3, 0.4) is 0 Å². The standard InChI is InChI=1S/C7H9NO/c1-2-3-4-7(5-8)6-9/h4,6H,2-3H2,1H3. The van der Waals surface area contributed by atoms with Gasteiger partial charge in [0.25, 0.3) is 0 Å². The zero-order valence-corrected chi connectivity index (χ0v) is 5.42. The molecule has 0 aliphatic rings. The molecular weight excluding hydrogens is 114 g/mol. The molecule has 0 amide bonds. The Morgan fingerprint density at radius 1 is 1.78 bits per heavy atom. The minimum Gasteiger partial charge on any atom is -0.297 e. The number of nitriles is 1. The predicted molar refractivity (Wildman–Crippen MR) is 34.7 cm³/mol. The van der Waals surface area contributed by atoms with Gasteiger partial charge in [0.15, 0.2) is 6.29 Å². The van der Waals surface area contributed by atoms with Gasteiger partial charge in [-0.05, 0) is 6.42 Å².